The zero-order valence-electron chi connectivity index (χ0n) is 13.5. The maximum Gasteiger partial charge on any atom is 0.426 e. The first-order valence-electron chi connectivity index (χ1n) is 8.10. The summed E-state index contributed by atoms with van der Waals surface area (Å²) in [6.45, 7) is 2.12. The van der Waals surface area contributed by atoms with Gasteiger partial charge in [-0.05, 0) is 28.7 Å². The van der Waals surface area contributed by atoms with Gasteiger partial charge in [-0.25, -0.2) is 10.2 Å². The smallest absolute Gasteiger partial charge is 0.426 e. The molecule has 0 aliphatic heterocycles. The molecule has 0 heterocycles. The van der Waals surface area contributed by atoms with E-state index < -0.39 is 6.09 Å². The summed E-state index contributed by atoms with van der Waals surface area (Å²) in [5.74, 6) is -0.222. The molecule has 24 heavy (non-hydrogen) atoms. The fourth-order valence-corrected chi connectivity index (χ4v) is 3.04. The van der Waals surface area contributed by atoms with Gasteiger partial charge < -0.3 is 4.74 Å². The Morgan fingerprint density at radius 3 is 2.12 bits per heavy atom. The Hall–Kier alpha value is -2.82. The van der Waals surface area contributed by atoms with Crippen molar-refractivity contribution in [1.82, 2.24) is 10.9 Å². The highest BCUT2D eigenvalue weighted by atomic mass is 16.6. The number of ether oxygens (including phenoxy) is 1. The zero-order valence-corrected chi connectivity index (χ0v) is 13.5. The second kappa shape index (κ2) is 7.17. The maximum atomic E-state index is 11.8. The molecule has 0 radical (unpaired) electrons. The van der Waals surface area contributed by atoms with Gasteiger partial charge in [0.05, 0.1) is 0 Å². The molecule has 0 saturated heterocycles. The Morgan fingerprint density at radius 2 is 1.54 bits per heavy atom. The molecule has 124 valence electrons. The van der Waals surface area contributed by atoms with Crippen molar-refractivity contribution < 1.29 is 14.3 Å². The molecule has 0 atom stereocenters. The molecule has 0 aromatic heterocycles. The lowest BCUT2D eigenvalue weighted by molar-refractivity contribution is -0.122. The Bertz CT molecular complexity index is 712. The van der Waals surface area contributed by atoms with Gasteiger partial charge in [-0.15, -0.1) is 0 Å². The van der Waals surface area contributed by atoms with Gasteiger partial charge in [0.15, 0.2) is 0 Å². The van der Waals surface area contributed by atoms with Gasteiger partial charge in [0.25, 0.3) is 0 Å². The normalized spacial score (nSPS) is 12.2. The van der Waals surface area contributed by atoms with Crippen LogP contribution in [0.1, 0.15) is 36.8 Å². The number of hydrazine groups is 1. The summed E-state index contributed by atoms with van der Waals surface area (Å²) in [6.07, 6.45) is 0.434. The Morgan fingerprint density at radius 1 is 0.958 bits per heavy atom. The number of benzene rings is 2. The van der Waals surface area contributed by atoms with E-state index >= 15 is 0 Å². The molecule has 2 amide bonds. The second-order valence-corrected chi connectivity index (χ2v) is 5.75. The lowest BCUT2D eigenvalue weighted by atomic mass is 9.98. The van der Waals surface area contributed by atoms with Crippen molar-refractivity contribution in [3.8, 4) is 11.1 Å². The Kier molecular flexibility index (Phi) is 4.79. The predicted octanol–water partition coefficient (Wildman–Crippen LogP) is 3.36. The van der Waals surface area contributed by atoms with Crippen molar-refractivity contribution in [1.29, 1.82) is 0 Å². The molecule has 2 aromatic carbocycles. The topological polar surface area (TPSA) is 67.4 Å². The number of carbonyl (C=O) groups is 2. The molecule has 1 aliphatic rings. The molecular weight excluding hydrogens is 304 g/mol. The SMILES string of the molecule is CCCC(=O)NNC(=O)OCC1c2ccccc2-c2ccccc21. The van der Waals surface area contributed by atoms with Crippen LogP contribution in [0.2, 0.25) is 0 Å². The van der Waals surface area contributed by atoms with E-state index in [2.05, 4.69) is 35.1 Å². The number of fused-ring (bicyclic) bond motifs is 3. The molecule has 2 aromatic rings. The van der Waals surface area contributed by atoms with Crippen LogP contribution in [0.3, 0.4) is 0 Å². The van der Waals surface area contributed by atoms with E-state index in [0.29, 0.717) is 6.42 Å². The third-order valence-electron chi connectivity index (χ3n) is 4.12. The van der Waals surface area contributed by atoms with E-state index in [-0.39, 0.29) is 18.4 Å². The van der Waals surface area contributed by atoms with Crippen LogP contribution < -0.4 is 10.9 Å². The Balaban J connectivity index is 1.65. The van der Waals surface area contributed by atoms with Crippen LogP contribution in [0.15, 0.2) is 48.5 Å². The van der Waals surface area contributed by atoms with Crippen molar-refractivity contribution in [2.24, 2.45) is 0 Å². The molecule has 0 spiro atoms. The fraction of sp³-hybridized carbons (Fsp3) is 0.263. The molecule has 0 saturated carbocycles. The molecule has 0 bridgehead atoms. The van der Waals surface area contributed by atoms with Gasteiger partial charge in [-0.3, -0.25) is 10.2 Å². The van der Waals surface area contributed by atoms with E-state index in [1.54, 1.807) is 0 Å². The molecule has 3 rings (SSSR count). The van der Waals surface area contributed by atoms with Crippen LogP contribution in [0.4, 0.5) is 4.79 Å². The largest absolute Gasteiger partial charge is 0.447 e. The molecular formula is C19H20N2O3. The lowest BCUT2D eigenvalue weighted by Crippen LogP contribution is -2.42. The third-order valence-corrected chi connectivity index (χ3v) is 4.12. The quantitative estimate of drug-likeness (QED) is 0.848. The van der Waals surface area contributed by atoms with Crippen molar-refractivity contribution in [3.63, 3.8) is 0 Å². The Labute approximate surface area is 141 Å². The van der Waals surface area contributed by atoms with Crippen molar-refractivity contribution in [3.05, 3.63) is 59.7 Å². The first kappa shape index (κ1) is 16.1. The summed E-state index contributed by atoms with van der Waals surface area (Å²) in [4.78, 5) is 23.1. The maximum absolute atomic E-state index is 11.8. The standard InChI is InChI=1S/C19H20N2O3/c1-2-7-18(22)20-21-19(23)24-12-17-15-10-5-3-8-13(15)14-9-4-6-11-16(14)17/h3-6,8-11,17H,2,7,12H2,1H3,(H,20,22)(H,21,23). The summed E-state index contributed by atoms with van der Waals surface area (Å²) >= 11 is 0. The minimum absolute atomic E-state index is 0.00879. The molecule has 5 nitrogen and oxygen atoms in total. The minimum atomic E-state index is -0.652. The lowest BCUT2D eigenvalue weighted by Gasteiger charge is -2.14. The summed E-state index contributed by atoms with van der Waals surface area (Å²) in [5.41, 5.74) is 9.28. The van der Waals surface area contributed by atoms with E-state index in [1.165, 1.54) is 11.1 Å². The molecule has 1 aliphatic carbocycles. The first-order chi connectivity index (χ1) is 11.7. The van der Waals surface area contributed by atoms with E-state index in [0.717, 1.165) is 17.5 Å². The number of amides is 2. The van der Waals surface area contributed by atoms with Crippen molar-refractivity contribution in [2.45, 2.75) is 25.7 Å². The van der Waals surface area contributed by atoms with Crippen LogP contribution in [0, 0.1) is 0 Å². The molecule has 0 fully saturated rings. The van der Waals surface area contributed by atoms with Gasteiger partial charge >= 0.3 is 6.09 Å². The van der Waals surface area contributed by atoms with Crippen LogP contribution in [-0.2, 0) is 9.53 Å². The average Bonchev–Trinajstić information content (AvgIpc) is 2.92. The summed E-state index contributed by atoms with van der Waals surface area (Å²) in [6, 6.07) is 16.3. The van der Waals surface area contributed by atoms with Crippen LogP contribution in [0.5, 0.6) is 0 Å². The zero-order chi connectivity index (χ0) is 16.9. The van der Waals surface area contributed by atoms with Crippen molar-refractivity contribution >= 4 is 12.0 Å². The van der Waals surface area contributed by atoms with E-state index in [9.17, 15) is 9.59 Å². The number of hydrogen-bond acceptors (Lipinski definition) is 3. The second-order valence-electron chi connectivity index (χ2n) is 5.75. The number of hydrogen-bond donors (Lipinski definition) is 2. The van der Waals surface area contributed by atoms with Crippen LogP contribution in [0.25, 0.3) is 11.1 Å². The highest BCUT2D eigenvalue weighted by Gasteiger charge is 2.28. The number of rotatable bonds is 4. The van der Waals surface area contributed by atoms with E-state index in [4.69, 9.17) is 4.74 Å². The summed E-state index contributed by atoms with van der Waals surface area (Å²) in [5, 5.41) is 0. The summed E-state index contributed by atoms with van der Waals surface area (Å²) < 4.78 is 5.30. The van der Waals surface area contributed by atoms with Gasteiger partial charge in [0.2, 0.25) is 5.91 Å². The molecule has 2 N–H and O–H groups in total. The predicted molar refractivity (Wildman–Crippen MR) is 91.3 cm³/mol. The highest BCUT2D eigenvalue weighted by molar-refractivity contribution is 5.80. The molecule has 0 unspecified atom stereocenters. The highest BCUT2D eigenvalue weighted by Crippen LogP contribution is 2.44. The number of nitrogens with one attached hydrogen (secondary N) is 2. The monoisotopic (exact) mass is 324 g/mol. The van der Waals surface area contributed by atoms with Crippen LogP contribution in [-0.4, -0.2) is 18.6 Å². The van der Waals surface area contributed by atoms with Gasteiger partial charge in [-0.2, -0.15) is 0 Å². The van der Waals surface area contributed by atoms with Gasteiger partial charge in [0.1, 0.15) is 6.61 Å². The van der Waals surface area contributed by atoms with Gasteiger partial charge in [-0.1, -0.05) is 55.5 Å². The van der Waals surface area contributed by atoms with Crippen LogP contribution >= 0.6 is 0 Å². The van der Waals surface area contributed by atoms with E-state index in [1.807, 2.05) is 31.2 Å². The number of carbonyl (C=O) groups excluding carboxylic acids is 2. The molecule has 5 heteroatoms. The summed E-state index contributed by atoms with van der Waals surface area (Å²) in [7, 11) is 0. The average molecular weight is 324 g/mol. The first-order valence-corrected chi connectivity index (χ1v) is 8.10. The fourth-order valence-electron chi connectivity index (χ4n) is 3.04. The van der Waals surface area contributed by atoms with Gasteiger partial charge in [0, 0.05) is 12.3 Å². The van der Waals surface area contributed by atoms with Crippen molar-refractivity contribution in [2.75, 3.05) is 6.61 Å². The third kappa shape index (κ3) is 3.25. The minimum Gasteiger partial charge on any atom is -0.447 e.